The summed E-state index contributed by atoms with van der Waals surface area (Å²) < 4.78 is 23.2. The Balaban J connectivity index is 2.20. The lowest BCUT2D eigenvalue weighted by Gasteiger charge is -2.16. The molecule has 1 amide bonds. The topological polar surface area (TPSA) is 47.6 Å². The van der Waals surface area contributed by atoms with E-state index < -0.39 is 13.0 Å². The van der Waals surface area contributed by atoms with Crippen LogP contribution in [-0.2, 0) is 17.8 Å². The van der Waals surface area contributed by atoms with Gasteiger partial charge < -0.3 is 9.47 Å². The van der Waals surface area contributed by atoms with Crippen LogP contribution in [-0.4, -0.2) is 13.0 Å². The maximum Gasteiger partial charge on any atom is 0.413 e. The van der Waals surface area contributed by atoms with E-state index in [0.717, 1.165) is 27.8 Å². The van der Waals surface area contributed by atoms with E-state index in [4.69, 9.17) is 4.74 Å². The fraction of sp³-hybridized carbons (Fsp3) is 0.316. The SMILES string of the molecule is CCc1cc(C)c(OCc2c(Br)cccc2NC(=O)OCF)cc1C. The van der Waals surface area contributed by atoms with Gasteiger partial charge in [-0.3, -0.25) is 5.32 Å². The van der Waals surface area contributed by atoms with E-state index in [9.17, 15) is 9.18 Å². The molecule has 0 bridgehead atoms. The molecule has 25 heavy (non-hydrogen) atoms. The van der Waals surface area contributed by atoms with Crippen LogP contribution in [0.3, 0.4) is 0 Å². The smallest absolute Gasteiger partial charge is 0.413 e. The average Bonchev–Trinajstić information content (AvgIpc) is 2.57. The van der Waals surface area contributed by atoms with Gasteiger partial charge in [-0.1, -0.05) is 35.0 Å². The Bertz CT molecular complexity index is 765. The van der Waals surface area contributed by atoms with E-state index >= 15 is 0 Å². The van der Waals surface area contributed by atoms with E-state index in [2.05, 4.69) is 45.9 Å². The highest BCUT2D eigenvalue weighted by Gasteiger charge is 2.12. The van der Waals surface area contributed by atoms with Gasteiger partial charge in [0.2, 0.25) is 6.86 Å². The number of benzene rings is 2. The van der Waals surface area contributed by atoms with Gasteiger partial charge in [-0.05, 0) is 55.2 Å². The number of hydrogen-bond acceptors (Lipinski definition) is 3. The zero-order valence-corrected chi connectivity index (χ0v) is 16.1. The lowest BCUT2D eigenvalue weighted by atomic mass is 10.0. The van der Waals surface area contributed by atoms with Crippen LogP contribution in [0, 0.1) is 13.8 Å². The number of hydrogen-bond donors (Lipinski definition) is 1. The molecule has 4 nitrogen and oxygen atoms in total. The Morgan fingerprint density at radius 1 is 1.24 bits per heavy atom. The first-order valence-electron chi connectivity index (χ1n) is 7.96. The molecule has 2 rings (SSSR count). The molecule has 0 aliphatic rings. The zero-order chi connectivity index (χ0) is 18.4. The summed E-state index contributed by atoms with van der Waals surface area (Å²) in [4.78, 5) is 11.5. The maximum atomic E-state index is 12.1. The third-order valence-electron chi connectivity index (χ3n) is 3.93. The molecule has 0 aromatic heterocycles. The summed E-state index contributed by atoms with van der Waals surface area (Å²) in [5, 5.41) is 2.52. The van der Waals surface area contributed by atoms with Crippen molar-refractivity contribution in [3.05, 3.63) is 57.1 Å². The molecule has 134 valence electrons. The number of aryl methyl sites for hydroxylation is 3. The van der Waals surface area contributed by atoms with E-state index in [-0.39, 0.29) is 6.61 Å². The van der Waals surface area contributed by atoms with Gasteiger partial charge in [-0.2, -0.15) is 0 Å². The Labute approximate surface area is 155 Å². The Morgan fingerprint density at radius 3 is 2.68 bits per heavy atom. The second kappa shape index (κ2) is 8.85. The van der Waals surface area contributed by atoms with Crippen LogP contribution in [0.25, 0.3) is 0 Å². The van der Waals surface area contributed by atoms with Crippen molar-refractivity contribution in [1.82, 2.24) is 0 Å². The van der Waals surface area contributed by atoms with Crippen molar-refractivity contribution in [3.8, 4) is 5.75 Å². The van der Waals surface area contributed by atoms with Gasteiger partial charge >= 0.3 is 6.09 Å². The highest BCUT2D eigenvalue weighted by atomic mass is 79.9. The summed E-state index contributed by atoms with van der Waals surface area (Å²) in [6.07, 6.45) is 0.128. The first kappa shape index (κ1) is 19.2. The van der Waals surface area contributed by atoms with E-state index in [1.165, 1.54) is 11.1 Å². The number of rotatable bonds is 6. The van der Waals surface area contributed by atoms with Crippen molar-refractivity contribution in [1.29, 1.82) is 0 Å². The van der Waals surface area contributed by atoms with Gasteiger partial charge in [0.05, 0.1) is 5.69 Å². The third-order valence-corrected chi connectivity index (χ3v) is 4.67. The van der Waals surface area contributed by atoms with Gasteiger partial charge in [-0.25, -0.2) is 9.18 Å². The Morgan fingerprint density at radius 2 is 2.00 bits per heavy atom. The van der Waals surface area contributed by atoms with Gasteiger partial charge in [0.15, 0.2) is 0 Å². The fourth-order valence-electron chi connectivity index (χ4n) is 2.55. The van der Waals surface area contributed by atoms with Gasteiger partial charge in [-0.15, -0.1) is 0 Å². The molecule has 2 aromatic carbocycles. The standard InChI is InChI=1S/C19H21BrFNO3/c1-4-14-8-13(3)18(9-12(14)2)24-10-15-16(20)6-5-7-17(15)22-19(23)25-11-21/h5-9H,4,10-11H2,1-3H3,(H,22,23). The first-order chi connectivity index (χ1) is 12.0. The van der Waals surface area contributed by atoms with Crippen LogP contribution in [0.2, 0.25) is 0 Å². The summed E-state index contributed by atoms with van der Waals surface area (Å²) >= 11 is 3.46. The highest BCUT2D eigenvalue weighted by molar-refractivity contribution is 9.10. The molecule has 0 heterocycles. The molecular formula is C19H21BrFNO3. The van der Waals surface area contributed by atoms with Crippen molar-refractivity contribution in [2.75, 3.05) is 12.2 Å². The molecule has 0 aliphatic heterocycles. The molecule has 6 heteroatoms. The second-order valence-corrected chi connectivity index (χ2v) is 6.47. The molecule has 0 atom stereocenters. The minimum atomic E-state index is -1.17. The van der Waals surface area contributed by atoms with Crippen molar-refractivity contribution in [3.63, 3.8) is 0 Å². The molecule has 0 aliphatic carbocycles. The van der Waals surface area contributed by atoms with E-state index in [1.807, 2.05) is 19.1 Å². The summed E-state index contributed by atoms with van der Waals surface area (Å²) in [7, 11) is 0. The Kier molecular flexibility index (Phi) is 6.82. The minimum absolute atomic E-state index is 0.248. The number of carbonyl (C=O) groups is 1. The summed E-state index contributed by atoms with van der Waals surface area (Å²) in [5.74, 6) is 0.794. The minimum Gasteiger partial charge on any atom is -0.489 e. The monoisotopic (exact) mass is 409 g/mol. The zero-order valence-electron chi connectivity index (χ0n) is 14.5. The largest absolute Gasteiger partial charge is 0.489 e. The molecular weight excluding hydrogens is 389 g/mol. The molecule has 0 fully saturated rings. The van der Waals surface area contributed by atoms with Gasteiger partial charge in [0.25, 0.3) is 0 Å². The number of amides is 1. The molecule has 0 saturated heterocycles. The van der Waals surface area contributed by atoms with Gasteiger partial charge in [0.1, 0.15) is 12.4 Å². The van der Waals surface area contributed by atoms with Crippen LogP contribution < -0.4 is 10.1 Å². The molecule has 0 saturated carbocycles. The van der Waals surface area contributed by atoms with Crippen LogP contribution in [0.4, 0.5) is 14.9 Å². The van der Waals surface area contributed by atoms with Crippen LogP contribution in [0.1, 0.15) is 29.2 Å². The number of ether oxygens (including phenoxy) is 2. The number of nitrogens with one attached hydrogen (secondary N) is 1. The fourth-order valence-corrected chi connectivity index (χ4v) is 3.03. The molecule has 0 radical (unpaired) electrons. The van der Waals surface area contributed by atoms with Crippen LogP contribution in [0.15, 0.2) is 34.8 Å². The predicted molar refractivity (Wildman–Crippen MR) is 99.8 cm³/mol. The molecule has 0 unspecified atom stereocenters. The number of halogens is 2. The normalized spacial score (nSPS) is 10.4. The average molecular weight is 410 g/mol. The lowest BCUT2D eigenvalue weighted by Crippen LogP contribution is -2.15. The summed E-state index contributed by atoms with van der Waals surface area (Å²) in [5.41, 5.74) is 4.78. The Hall–Kier alpha value is -2.08. The summed E-state index contributed by atoms with van der Waals surface area (Å²) in [6, 6.07) is 9.48. The lowest BCUT2D eigenvalue weighted by molar-refractivity contribution is 0.111. The van der Waals surface area contributed by atoms with Crippen molar-refractivity contribution in [2.45, 2.75) is 33.8 Å². The molecule has 0 spiro atoms. The van der Waals surface area contributed by atoms with E-state index in [1.54, 1.807) is 12.1 Å². The number of carbonyl (C=O) groups excluding carboxylic acids is 1. The maximum absolute atomic E-state index is 12.1. The number of anilines is 1. The van der Waals surface area contributed by atoms with Crippen LogP contribution >= 0.6 is 15.9 Å². The van der Waals surface area contributed by atoms with E-state index in [0.29, 0.717) is 5.69 Å². The van der Waals surface area contributed by atoms with Crippen molar-refractivity contribution < 1.29 is 18.7 Å². The first-order valence-corrected chi connectivity index (χ1v) is 8.75. The quantitative estimate of drug-likeness (QED) is 0.666. The summed E-state index contributed by atoms with van der Waals surface area (Å²) in [6.45, 7) is 5.26. The second-order valence-electron chi connectivity index (χ2n) is 5.62. The third kappa shape index (κ3) is 4.95. The van der Waals surface area contributed by atoms with Crippen molar-refractivity contribution >= 4 is 27.7 Å². The highest BCUT2D eigenvalue weighted by Crippen LogP contribution is 2.29. The van der Waals surface area contributed by atoms with Crippen LogP contribution in [0.5, 0.6) is 5.75 Å². The number of alkyl halides is 1. The molecule has 2 aromatic rings. The van der Waals surface area contributed by atoms with Crippen molar-refractivity contribution in [2.24, 2.45) is 0 Å². The molecule has 1 N–H and O–H groups in total. The van der Waals surface area contributed by atoms with Gasteiger partial charge in [0, 0.05) is 10.0 Å². The predicted octanol–water partition coefficient (Wildman–Crippen LogP) is 5.68.